The highest BCUT2D eigenvalue weighted by atomic mass is 16.5. The summed E-state index contributed by atoms with van der Waals surface area (Å²) >= 11 is 0. The molecule has 0 saturated carbocycles. The van der Waals surface area contributed by atoms with Crippen LogP contribution in [0.1, 0.15) is 18.4 Å². The van der Waals surface area contributed by atoms with Crippen molar-refractivity contribution in [3.8, 4) is 0 Å². The summed E-state index contributed by atoms with van der Waals surface area (Å²) < 4.78 is 5.45. The van der Waals surface area contributed by atoms with E-state index in [9.17, 15) is 0 Å². The monoisotopic (exact) mass is 366 g/mol. The first kappa shape index (κ1) is 17.7. The number of H-pyrrole nitrogens is 1. The van der Waals surface area contributed by atoms with E-state index < -0.39 is 0 Å². The predicted molar refractivity (Wildman–Crippen MR) is 108 cm³/mol. The summed E-state index contributed by atoms with van der Waals surface area (Å²) in [6, 6.07) is 10.2. The minimum Gasteiger partial charge on any atom is -0.378 e. The van der Waals surface area contributed by atoms with Crippen molar-refractivity contribution < 1.29 is 4.74 Å². The standard InChI is InChI=1S/C20H26N6O/c1-3-15-14-19(24-20(21-15)26-10-12-27-13-11-26)25(2)9-8-18-22-16-6-4-5-7-17(16)23-18/h4-7,14H,3,8-13H2,1-2H3,(H,22,23). The highest BCUT2D eigenvalue weighted by Gasteiger charge is 2.17. The average Bonchev–Trinajstić information content (AvgIpc) is 3.15. The summed E-state index contributed by atoms with van der Waals surface area (Å²) in [6.07, 6.45) is 1.73. The second-order valence-corrected chi connectivity index (χ2v) is 6.84. The van der Waals surface area contributed by atoms with Gasteiger partial charge in [-0.05, 0) is 18.6 Å². The molecule has 0 radical (unpaired) electrons. The van der Waals surface area contributed by atoms with E-state index in [0.29, 0.717) is 0 Å². The topological polar surface area (TPSA) is 70.2 Å². The molecule has 3 heterocycles. The van der Waals surface area contributed by atoms with Gasteiger partial charge in [0.05, 0.1) is 24.2 Å². The first-order valence-electron chi connectivity index (χ1n) is 9.58. The lowest BCUT2D eigenvalue weighted by molar-refractivity contribution is 0.122. The van der Waals surface area contributed by atoms with Crippen LogP contribution in [0.25, 0.3) is 11.0 Å². The summed E-state index contributed by atoms with van der Waals surface area (Å²) in [7, 11) is 2.08. The van der Waals surface area contributed by atoms with E-state index in [1.807, 2.05) is 18.2 Å². The van der Waals surface area contributed by atoms with Crippen molar-refractivity contribution in [1.82, 2.24) is 19.9 Å². The van der Waals surface area contributed by atoms with Crippen molar-refractivity contribution in [3.05, 3.63) is 41.9 Å². The van der Waals surface area contributed by atoms with Crippen LogP contribution < -0.4 is 9.80 Å². The lowest BCUT2D eigenvalue weighted by Crippen LogP contribution is -2.37. The van der Waals surface area contributed by atoms with Crippen molar-refractivity contribution in [2.24, 2.45) is 0 Å². The number of hydrogen-bond donors (Lipinski definition) is 1. The summed E-state index contributed by atoms with van der Waals surface area (Å²) in [5.74, 6) is 2.77. The van der Waals surface area contributed by atoms with Gasteiger partial charge in [-0.2, -0.15) is 4.98 Å². The van der Waals surface area contributed by atoms with Gasteiger partial charge in [0.2, 0.25) is 5.95 Å². The third kappa shape index (κ3) is 4.03. The number of aryl methyl sites for hydroxylation is 1. The number of para-hydroxylation sites is 2. The molecule has 0 spiro atoms. The molecular formula is C20H26N6O. The Balaban J connectivity index is 1.49. The fraction of sp³-hybridized carbons (Fsp3) is 0.450. The molecule has 1 saturated heterocycles. The quantitative estimate of drug-likeness (QED) is 0.723. The van der Waals surface area contributed by atoms with Crippen LogP contribution in [0.15, 0.2) is 30.3 Å². The van der Waals surface area contributed by atoms with Gasteiger partial charge in [-0.1, -0.05) is 19.1 Å². The van der Waals surface area contributed by atoms with Gasteiger partial charge in [-0.15, -0.1) is 0 Å². The Morgan fingerprint density at radius 1 is 1.15 bits per heavy atom. The van der Waals surface area contributed by atoms with Crippen molar-refractivity contribution in [1.29, 1.82) is 0 Å². The van der Waals surface area contributed by atoms with E-state index in [4.69, 9.17) is 14.7 Å². The second-order valence-electron chi connectivity index (χ2n) is 6.84. The molecule has 2 aromatic heterocycles. The molecule has 0 aliphatic carbocycles. The molecular weight excluding hydrogens is 340 g/mol. The van der Waals surface area contributed by atoms with E-state index in [1.54, 1.807) is 0 Å². The fourth-order valence-electron chi connectivity index (χ4n) is 3.26. The number of nitrogens with zero attached hydrogens (tertiary/aromatic N) is 5. The maximum absolute atomic E-state index is 5.45. The number of benzene rings is 1. The van der Waals surface area contributed by atoms with Gasteiger partial charge in [-0.25, -0.2) is 9.97 Å². The Morgan fingerprint density at radius 3 is 2.74 bits per heavy atom. The van der Waals surface area contributed by atoms with E-state index in [0.717, 1.165) is 80.0 Å². The van der Waals surface area contributed by atoms with Crippen molar-refractivity contribution in [2.75, 3.05) is 49.7 Å². The lowest BCUT2D eigenvalue weighted by Gasteiger charge is -2.28. The molecule has 1 N–H and O–H groups in total. The summed E-state index contributed by atoms with van der Waals surface area (Å²) in [5, 5.41) is 0. The third-order valence-corrected chi connectivity index (χ3v) is 4.92. The number of ether oxygens (including phenoxy) is 1. The van der Waals surface area contributed by atoms with Crippen LogP contribution in [0.2, 0.25) is 0 Å². The number of imidazole rings is 1. The van der Waals surface area contributed by atoms with Gasteiger partial charge >= 0.3 is 0 Å². The van der Waals surface area contributed by atoms with Gasteiger partial charge in [0.1, 0.15) is 11.6 Å². The van der Waals surface area contributed by atoms with Crippen LogP contribution in [-0.4, -0.2) is 59.8 Å². The average molecular weight is 366 g/mol. The van der Waals surface area contributed by atoms with Crippen LogP contribution in [-0.2, 0) is 17.6 Å². The Kier molecular flexibility index (Phi) is 5.20. The number of anilines is 2. The molecule has 3 aromatic rings. The minimum absolute atomic E-state index is 0.733. The number of hydrogen-bond acceptors (Lipinski definition) is 6. The number of fused-ring (bicyclic) bond motifs is 1. The zero-order chi connectivity index (χ0) is 18.6. The smallest absolute Gasteiger partial charge is 0.227 e. The molecule has 7 nitrogen and oxygen atoms in total. The molecule has 0 unspecified atom stereocenters. The van der Waals surface area contributed by atoms with Crippen LogP contribution in [0, 0.1) is 0 Å². The van der Waals surface area contributed by atoms with E-state index in [2.05, 4.69) is 45.9 Å². The van der Waals surface area contributed by atoms with E-state index >= 15 is 0 Å². The first-order chi connectivity index (χ1) is 13.2. The predicted octanol–water partition coefficient (Wildman–Crippen LogP) is 2.43. The Morgan fingerprint density at radius 2 is 1.96 bits per heavy atom. The Bertz CT molecular complexity index is 869. The summed E-state index contributed by atoms with van der Waals surface area (Å²) in [4.78, 5) is 22.0. The van der Waals surface area contributed by atoms with Crippen LogP contribution in [0.3, 0.4) is 0 Å². The lowest BCUT2D eigenvalue weighted by atomic mass is 10.3. The van der Waals surface area contributed by atoms with E-state index in [-0.39, 0.29) is 0 Å². The van der Waals surface area contributed by atoms with Crippen LogP contribution in [0.4, 0.5) is 11.8 Å². The molecule has 142 valence electrons. The molecule has 1 aromatic carbocycles. The second kappa shape index (κ2) is 7.92. The third-order valence-electron chi connectivity index (χ3n) is 4.92. The highest BCUT2D eigenvalue weighted by Crippen LogP contribution is 2.19. The molecule has 0 atom stereocenters. The van der Waals surface area contributed by atoms with Gasteiger partial charge < -0.3 is 19.5 Å². The van der Waals surface area contributed by atoms with Crippen molar-refractivity contribution >= 4 is 22.8 Å². The van der Waals surface area contributed by atoms with Gasteiger partial charge in [0, 0.05) is 44.9 Å². The summed E-state index contributed by atoms with van der Waals surface area (Å²) in [5.41, 5.74) is 3.16. The number of likely N-dealkylation sites (N-methyl/N-ethyl adjacent to an activating group) is 1. The molecule has 4 rings (SSSR count). The molecule has 0 bridgehead atoms. The first-order valence-corrected chi connectivity index (χ1v) is 9.58. The zero-order valence-corrected chi connectivity index (χ0v) is 16.0. The largest absolute Gasteiger partial charge is 0.378 e. The SMILES string of the molecule is CCc1cc(N(C)CCc2nc3ccccc3[nH]2)nc(N2CCOCC2)n1. The van der Waals surface area contributed by atoms with Gasteiger partial charge in [-0.3, -0.25) is 0 Å². The fourth-order valence-corrected chi connectivity index (χ4v) is 3.26. The number of aromatic amines is 1. The zero-order valence-electron chi connectivity index (χ0n) is 16.0. The number of rotatable bonds is 6. The number of morpholine rings is 1. The van der Waals surface area contributed by atoms with E-state index in [1.165, 1.54) is 0 Å². The number of aromatic nitrogens is 4. The Labute approximate surface area is 159 Å². The molecule has 1 fully saturated rings. The van der Waals surface area contributed by atoms with Gasteiger partial charge in [0.15, 0.2) is 0 Å². The van der Waals surface area contributed by atoms with Gasteiger partial charge in [0.25, 0.3) is 0 Å². The molecule has 7 heteroatoms. The molecule has 27 heavy (non-hydrogen) atoms. The van der Waals surface area contributed by atoms with Crippen LogP contribution >= 0.6 is 0 Å². The summed E-state index contributed by atoms with van der Waals surface area (Å²) in [6.45, 7) is 6.12. The minimum atomic E-state index is 0.733. The normalized spacial score (nSPS) is 14.7. The molecule has 1 aliphatic heterocycles. The maximum Gasteiger partial charge on any atom is 0.227 e. The number of nitrogens with one attached hydrogen (secondary N) is 1. The molecule has 0 amide bonds. The Hall–Kier alpha value is -2.67. The maximum atomic E-state index is 5.45. The highest BCUT2D eigenvalue weighted by molar-refractivity contribution is 5.74. The molecule has 1 aliphatic rings. The van der Waals surface area contributed by atoms with Crippen molar-refractivity contribution in [3.63, 3.8) is 0 Å². The van der Waals surface area contributed by atoms with Crippen LogP contribution in [0.5, 0.6) is 0 Å². The van der Waals surface area contributed by atoms with Crippen molar-refractivity contribution in [2.45, 2.75) is 19.8 Å².